The van der Waals surface area contributed by atoms with Crippen molar-refractivity contribution in [3.05, 3.63) is 11.6 Å². The lowest BCUT2D eigenvalue weighted by atomic mass is 10.0. The van der Waals surface area contributed by atoms with Crippen LogP contribution in [-0.4, -0.2) is 58.0 Å². The summed E-state index contributed by atoms with van der Waals surface area (Å²) in [6, 6.07) is 0. The monoisotopic (exact) mass is 462 g/mol. The lowest BCUT2D eigenvalue weighted by Crippen LogP contribution is -2.48. The minimum atomic E-state index is 0. The highest BCUT2D eigenvalue weighted by molar-refractivity contribution is 14.0. The van der Waals surface area contributed by atoms with E-state index in [1.165, 1.54) is 12.8 Å². The van der Waals surface area contributed by atoms with E-state index in [1.54, 1.807) is 0 Å². The van der Waals surface area contributed by atoms with Gasteiger partial charge in [-0.05, 0) is 38.5 Å². The largest absolute Gasteiger partial charge is 0.376 e. The van der Waals surface area contributed by atoms with Crippen molar-refractivity contribution in [2.24, 2.45) is 18.0 Å². The number of hydrogen-bond donors (Lipinski definition) is 1. The number of aliphatic imine (C=N–C) groups is 1. The minimum absolute atomic E-state index is 0. The van der Waals surface area contributed by atoms with Gasteiger partial charge >= 0.3 is 0 Å². The first-order valence-electron chi connectivity index (χ1n) is 9.13. The Morgan fingerprint density at radius 3 is 2.80 bits per heavy atom. The summed E-state index contributed by atoms with van der Waals surface area (Å²) >= 11 is 0. The van der Waals surface area contributed by atoms with Crippen molar-refractivity contribution in [3.63, 3.8) is 0 Å². The van der Waals surface area contributed by atoms with Crippen molar-refractivity contribution in [1.29, 1.82) is 0 Å². The van der Waals surface area contributed by atoms with Crippen LogP contribution in [0.2, 0.25) is 0 Å². The van der Waals surface area contributed by atoms with Gasteiger partial charge in [0.1, 0.15) is 12.4 Å². The van der Waals surface area contributed by atoms with Gasteiger partial charge in [0.15, 0.2) is 11.8 Å². The molecule has 1 aromatic rings. The van der Waals surface area contributed by atoms with Gasteiger partial charge in [0.25, 0.3) is 0 Å². The molecule has 7 nitrogen and oxygen atoms in total. The number of aromatic nitrogens is 3. The molecule has 2 aliphatic rings. The molecule has 0 radical (unpaired) electrons. The number of nitrogens with one attached hydrogen (secondary N) is 1. The highest BCUT2D eigenvalue weighted by Gasteiger charge is 2.22. The van der Waals surface area contributed by atoms with E-state index in [1.807, 2.05) is 18.5 Å². The maximum atomic E-state index is 5.73. The summed E-state index contributed by atoms with van der Waals surface area (Å²) in [6.45, 7) is 8.68. The minimum Gasteiger partial charge on any atom is -0.376 e. The zero-order valence-corrected chi connectivity index (χ0v) is 17.9. The van der Waals surface area contributed by atoms with E-state index in [2.05, 4.69) is 27.3 Å². The van der Waals surface area contributed by atoms with Gasteiger partial charge < -0.3 is 19.5 Å². The van der Waals surface area contributed by atoms with Crippen LogP contribution in [0.3, 0.4) is 0 Å². The number of likely N-dealkylation sites (tertiary alicyclic amines) is 1. The van der Waals surface area contributed by atoms with E-state index < -0.39 is 0 Å². The second-order valence-corrected chi connectivity index (χ2v) is 7.07. The fourth-order valence-electron chi connectivity index (χ4n) is 3.39. The molecule has 0 saturated carbocycles. The van der Waals surface area contributed by atoms with Crippen molar-refractivity contribution in [1.82, 2.24) is 25.0 Å². The highest BCUT2D eigenvalue weighted by Crippen LogP contribution is 2.16. The van der Waals surface area contributed by atoms with Gasteiger partial charge in [-0.2, -0.15) is 0 Å². The quantitative estimate of drug-likeness (QED) is 0.422. The van der Waals surface area contributed by atoms with Crippen molar-refractivity contribution in [2.45, 2.75) is 52.2 Å². The average Bonchev–Trinajstić information content (AvgIpc) is 3.20. The number of piperidine rings is 1. The molecule has 3 rings (SSSR count). The van der Waals surface area contributed by atoms with Crippen LogP contribution in [0.5, 0.6) is 0 Å². The van der Waals surface area contributed by atoms with Crippen LogP contribution in [0.15, 0.2) is 4.99 Å². The Labute approximate surface area is 167 Å². The molecule has 0 bridgehead atoms. The van der Waals surface area contributed by atoms with E-state index in [0.717, 1.165) is 56.7 Å². The fourth-order valence-corrected chi connectivity index (χ4v) is 3.39. The Morgan fingerprint density at radius 2 is 2.16 bits per heavy atom. The van der Waals surface area contributed by atoms with Crippen molar-refractivity contribution in [3.8, 4) is 0 Å². The Hall–Kier alpha value is -0.900. The van der Waals surface area contributed by atoms with E-state index in [0.29, 0.717) is 18.6 Å². The molecular weight excluding hydrogens is 431 g/mol. The van der Waals surface area contributed by atoms with Crippen LogP contribution in [0.25, 0.3) is 0 Å². The van der Waals surface area contributed by atoms with Gasteiger partial charge in [-0.15, -0.1) is 34.2 Å². The number of aryl methyl sites for hydroxylation is 1. The van der Waals surface area contributed by atoms with Crippen LogP contribution >= 0.6 is 24.0 Å². The van der Waals surface area contributed by atoms with Crippen LogP contribution < -0.4 is 5.32 Å². The molecular formula is C17H31IN6O. The molecule has 1 N–H and O–H groups in total. The third-order valence-electron chi connectivity index (χ3n) is 5.02. The Kier molecular flexibility index (Phi) is 7.92. The predicted molar refractivity (Wildman–Crippen MR) is 109 cm³/mol. The summed E-state index contributed by atoms with van der Waals surface area (Å²) in [5.74, 6) is 3.51. The van der Waals surface area contributed by atoms with Crippen LogP contribution in [0.1, 0.15) is 44.3 Å². The van der Waals surface area contributed by atoms with E-state index >= 15 is 0 Å². The molecule has 2 aliphatic heterocycles. The normalized spacial score (nSPS) is 24.3. The van der Waals surface area contributed by atoms with Gasteiger partial charge in [-0.1, -0.05) is 6.92 Å². The maximum absolute atomic E-state index is 5.73. The number of halogens is 1. The van der Waals surface area contributed by atoms with Gasteiger partial charge in [-0.3, -0.25) is 0 Å². The Balaban J connectivity index is 0.00000225. The molecule has 2 saturated heterocycles. The summed E-state index contributed by atoms with van der Waals surface area (Å²) < 4.78 is 7.73. The van der Waals surface area contributed by atoms with Gasteiger partial charge in [0.05, 0.1) is 6.10 Å². The summed E-state index contributed by atoms with van der Waals surface area (Å²) in [6.07, 6.45) is 5.15. The topological polar surface area (TPSA) is 67.6 Å². The van der Waals surface area contributed by atoms with Gasteiger partial charge in [0, 0.05) is 33.3 Å². The molecule has 8 heteroatoms. The molecule has 3 heterocycles. The SMILES string of the molecule is Cc1nnc(CN=C(NCC2CCCO2)N2CCCC(C)C2)n1C.I. The first-order valence-corrected chi connectivity index (χ1v) is 9.13. The first-order chi connectivity index (χ1) is 11.6. The second-order valence-electron chi connectivity index (χ2n) is 7.07. The third-order valence-corrected chi connectivity index (χ3v) is 5.02. The number of hydrogen-bond acceptors (Lipinski definition) is 4. The van der Waals surface area contributed by atoms with Crippen LogP contribution in [-0.2, 0) is 18.3 Å². The molecule has 0 aliphatic carbocycles. The smallest absolute Gasteiger partial charge is 0.194 e. The molecule has 0 spiro atoms. The van der Waals surface area contributed by atoms with Gasteiger partial charge in [0.2, 0.25) is 0 Å². The summed E-state index contributed by atoms with van der Waals surface area (Å²) in [5.41, 5.74) is 0. The van der Waals surface area contributed by atoms with E-state index in [9.17, 15) is 0 Å². The lowest BCUT2D eigenvalue weighted by Gasteiger charge is -2.34. The predicted octanol–water partition coefficient (Wildman–Crippen LogP) is 2.10. The van der Waals surface area contributed by atoms with E-state index in [4.69, 9.17) is 9.73 Å². The number of guanidine groups is 1. The zero-order valence-electron chi connectivity index (χ0n) is 15.6. The van der Waals surface area contributed by atoms with Crippen molar-refractivity contribution >= 4 is 29.9 Å². The first kappa shape index (κ1) is 20.4. The molecule has 1 aromatic heterocycles. The molecule has 25 heavy (non-hydrogen) atoms. The number of ether oxygens (including phenoxy) is 1. The summed E-state index contributed by atoms with van der Waals surface area (Å²) in [5, 5.41) is 11.9. The van der Waals surface area contributed by atoms with Crippen molar-refractivity contribution < 1.29 is 4.74 Å². The molecule has 142 valence electrons. The average molecular weight is 462 g/mol. The molecule has 2 unspecified atom stereocenters. The number of rotatable bonds is 4. The van der Waals surface area contributed by atoms with Crippen LogP contribution in [0.4, 0.5) is 0 Å². The molecule has 2 fully saturated rings. The second kappa shape index (κ2) is 9.70. The number of nitrogens with zero attached hydrogens (tertiary/aromatic N) is 5. The van der Waals surface area contributed by atoms with Crippen molar-refractivity contribution in [2.75, 3.05) is 26.2 Å². The van der Waals surface area contributed by atoms with E-state index in [-0.39, 0.29) is 24.0 Å². The molecule has 0 aromatic carbocycles. The zero-order chi connectivity index (χ0) is 16.9. The maximum Gasteiger partial charge on any atom is 0.194 e. The highest BCUT2D eigenvalue weighted by atomic mass is 127. The molecule has 2 atom stereocenters. The Morgan fingerprint density at radius 1 is 1.32 bits per heavy atom. The fraction of sp³-hybridized carbons (Fsp3) is 0.824. The van der Waals surface area contributed by atoms with Crippen LogP contribution in [0, 0.1) is 12.8 Å². The third kappa shape index (κ3) is 5.54. The van der Waals surface area contributed by atoms with Gasteiger partial charge in [-0.25, -0.2) is 4.99 Å². The lowest BCUT2D eigenvalue weighted by molar-refractivity contribution is 0.112. The Bertz CT molecular complexity index is 569. The summed E-state index contributed by atoms with van der Waals surface area (Å²) in [7, 11) is 1.99. The molecule has 0 amide bonds. The standard InChI is InChI=1S/C17H30N6O.HI/c1-13-6-4-8-23(12-13)17(18-10-15-7-5-9-24-15)19-11-16-21-20-14(2)22(16)3;/h13,15H,4-12H2,1-3H3,(H,18,19);1H. The summed E-state index contributed by atoms with van der Waals surface area (Å²) in [4.78, 5) is 7.22.